The molecular formula is C13H25NO2. The Morgan fingerprint density at radius 1 is 1.44 bits per heavy atom. The molecule has 1 rings (SSSR count). The molecule has 0 amide bonds. The maximum absolute atomic E-state index is 11.5. The summed E-state index contributed by atoms with van der Waals surface area (Å²) >= 11 is 0. The van der Waals surface area contributed by atoms with Crippen LogP contribution < -0.4 is 5.73 Å². The molecule has 1 aliphatic carbocycles. The summed E-state index contributed by atoms with van der Waals surface area (Å²) in [4.78, 5) is 11.5. The molecule has 0 aromatic rings. The predicted molar refractivity (Wildman–Crippen MR) is 65.0 cm³/mol. The molecule has 0 spiro atoms. The number of nitrogens with two attached hydrogens (primary N) is 1. The summed E-state index contributed by atoms with van der Waals surface area (Å²) < 4.78 is 4.79. The lowest BCUT2D eigenvalue weighted by Crippen LogP contribution is -2.45. The fourth-order valence-electron chi connectivity index (χ4n) is 2.82. The molecule has 0 aromatic carbocycles. The average Bonchev–Trinajstić information content (AvgIpc) is 2.29. The molecule has 3 heteroatoms. The molecule has 0 aliphatic heterocycles. The highest BCUT2D eigenvalue weighted by Crippen LogP contribution is 2.42. The van der Waals surface area contributed by atoms with Crippen LogP contribution in [0.4, 0.5) is 0 Å². The monoisotopic (exact) mass is 227 g/mol. The van der Waals surface area contributed by atoms with Gasteiger partial charge in [0.05, 0.1) is 13.5 Å². The zero-order valence-corrected chi connectivity index (χ0v) is 10.8. The molecule has 1 saturated carbocycles. The summed E-state index contributed by atoms with van der Waals surface area (Å²) in [5, 5.41) is 0. The van der Waals surface area contributed by atoms with E-state index in [4.69, 9.17) is 10.5 Å². The number of rotatable bonds is 4. The first-order valence-corrected chi connectivity index (χ1v) is 6.33. The quantitative estimate of drug-likeness (QED) is 0.751. The summed E-state index contributed by atoms with van der Waals surface area (Å²) in [6.45, 7) is 4.15. The molecular weight excluding hydrogens is 202 g/mol. The second-order valence-corrected chi connectivity index (χ2v) is 5.38. The van der Waals surface area contributed by atoms with Gasteiger partial charge in [-0.2, -0.15) is 0 Å². The number of hydrogen-bond donors (Lipinski definition) is 1. The first kappa shape index (κ1) is 13.5. The normalized spacial score (nSPS) is 23.5. The number of carbonyl (C=O) groups excluding carboxylic acids is 1. The minimum atomic E-state index is -0.134. The summed E-state index contributed by atoms with van der Waals surface area (Å²) in [5.41, 5.74) is 5.99. The summed E-state index contributed by atoms with van der Waals surface area (Å²) in [5.74, 6) is 0.436. The van der Waals surface area contributed by atoms with Crippen molar-refractivity contribution in [1.82, 2.24) is 0 Å². The van der Waals surface area contributed by atoms with Crippen molar-refractivity contribution in [2.24, 2.45) is 17.1 Å². The van der Waals surface area contributed by atoms with Crippen molar-refractivity contribution >= 4 is 5.97 Å². The van der Waals surface area contributed by atoms with Gasteiger partial charge in [0, 0.05) is 6.04 Å². The van der Waals surface area contributed by atoms with E-state index in [1.54, 1.807) is 0 Å². The first-order valence-electron chi connectivity index (χ1n) is 6.33. The number of hydrogen-bond acceptors (Lipinski definition) is 3. The third-order valence-corrected chi connectivity index (χ3v) is 4.33. The van der Waals surface area contributed by atoms with Gasteiger partial charge in [-0.3, -0.25) is 4.79 Å². The fourth-order valence-corrected chi connectivity index (χ4v) is 2.82. The standard InChI is InChI=1S/C13H25NO2/c1-10(14)13(2,9-12(15)16-3)11-7-5-4-6-8-11/h10-11H,4-9,14H2,1-3H3. The highest BCUT2D eigenvalue weighted by Gasteiger charge is 2.40. The van der Waals surface area contributed by atoms with Crippen LogP contribution in [0.25, 0.3) is 0 Å². The lowest BCUT2D eigenvalue weighted by Gasteiger charge is -2.42. The van der Waals surface area contributed by atoms with Gasteiger partial charge in [-0.15, -0.1) is 0 Å². The van der Waals surface area contributed by atoms with Gasteiger partial charge in [0.2, 0.25) is 0 Å². The molecule has 2 N–H and O–H groups in total. The van der Waals surface area contributed by atoms with E-state index >= 15 is 0 Å². The topological polar surface area (TPSA) is 52.3 Å². The van der Waals surface area contributed by atoms with E-state index in [0.29, 0.717) is 12.3 Å². The smallest absolute Gasteiger partial charge is 0.306 e. The van der Waals surface area contributed by atoms with Crippen molar-refractivity contribution in [2.75, 3.05) is 7.11 Å². The molecule has 0 radical (unpaired) electrons. The lowest BCUT2D eigenvalue weighted by molar-refractivity contribution is -0.144. The van der Waals surface area contributed by atoms with E-state index in [-0.39, 0.29) is 17.4 Å². The molecule has 2 atom stereocenters. The summed E-state index contributed by atoms with van der Waals surface area (Å²) in [6.07, 6.45) is 6.72. The molecule has 0 heterocycles. The highest BCUT2D eigenvalue weighted by molar-refractivity contribution is 5.70. The van der Waals surface area contributed by atoms with E-state index in [1.165, 1.54) is 39.2 Å². The van der Waals surface area contributed by atoms with Crippen LogP contribution in [0.15, 0.2) is 0 Å². The minimum Gasteiger partial charge on any atom is -0.469 e. The van der Waals surface area contributed by atoms with Crippen molar-refractivity contribution in [1.29, 1.82) is 0 Å². The molecule has 0 aromatic heterocycles. The van der Waals surface area contributed by atoms with Gasteiger partial charge in [0.15, 0.2) is 0 Å². The Labute approximate surface area is 98.7 Å². The maximum Gasteiger partial charge on any atom is 0.306 e. The van der Waals surface area contributed by atoms with Gasteiger partial charge >= 0.3 is 5.97 Å². The first-order chi connectivity index (χ1) is 7.50. The Bertz CT molecular complexity index is 234. The van der Waals surface area contributed by atoms with E-state index in [0.717, 1.165) is 0 Å². The van der Waals surface area contributed by atoms with Crippen molar-refractivity contribution < 1.29 is 9.53 Å². The third kappa shape index (κ3) is 2.97. The van der Waals surface area contributed by atoms with E-state index in [1.807, 2.05) is 6.92 Å². The largest absolute Gasteiger partial charge is 0.469 e. The third-order valence-electron chi connectivity index (χ3n) is 4.33. The average molecular weight is 227 g/mol. The van der Waals surface area contributed by atoms with E-state index in [2.05, 4.69) is 6.92 Å². The maximum atomic E-state index is 11.5. The second-order valence-electron chi connectivity index (χ2n) is 5.38. The summed E-state index contributed by atoms with van der Waals surface area (Å²) in [6, 6.07) is 0.0368. The van der Waals surface area contributed by atoms with Crippen molar-refractivity contribution in [3.05, 3.63) is 0 Å². The number of carbonyl (C=O) groups is 1. The van der Waals surface area contributed by atoms with Gasteiger partial charge in [-0.05, 0) is 31.1 Å². The van der Waals surface area contributed by atoms with Crippen LogP contribution in [0, 0.1) is 11.3 Å². The molecule has 0 saturated heterocycles. The molecule has 1 aliphatic rings. The Hall–Kier alpha value is -0.570. The molecule has 2 unspecified atom stereocenters. The van der Waals surface area contributed by atoms with Crippen molar-refractivity contribution in [3.63, 3.8) is 0 Å². The van der Waals surface area contributed by atoms with Crippen molar-refractivity contribution in [3.8, 4) is 0 Å². The van der Waals surface area contributed by atoms with Crippen LogP contribution in [0.3, 0.4) is 0 Å². The van der Waals surface area contributed by atoms with Gasteiger partial charge in [-0.25, -0.2) is 0 Å². The molecule has 3 nitrogen and oxygen atoms in total. The van der Waals surface area contributed by atoms with Gasteiger partial charge < -0.3 is 10.5 Å². The molecule has 1 fully saturated rings. The zero-order chi connectivity index (χ0) is 12.2. The summed E-state index contributed by atoms with van der Waals surface area (Å²) in [7, 11) is 1.45. The van der Waals surface area contributed by atoms with E-state index < -0.39 is 0 Å². The highest BCUT2D eigenvalue weighted by atomic mass is 16.5. The molecule has 94 valence electrons. The Kier molecular flexibility index (Phi) is 4.78. The Morgan fingerprint density at radius 2 is 2.00 bits per heavy atom. The molecule has 0 bridgehead atoms. The number of ether oxygens (including phenoxy) is 1. The van der Waals surface area contributed by atoms with E-state index in [9.17, 15) is 4.79 Å². The lowest BCUT2D eigenvalue weighted by atomic mass is 9.65. The Balaban J connectivity index is 2.73. The van der Waals surface area contributed by atoms with Crippen LogP contribution in [0.1, 0.15) is 52.4 Å². The molecule has 16 heavy (non-hydrogen) atoms. The van der Waals surface area contributed by atoms with Crippen LogP contribution in [-0.2, 0) is 9.53 Å². The van der Waals surface area contributed by atoms with Crippen LogP contribution in [0.5, 0.6) is 0 Å². The Morgan fingerprint density at radius 3 is 2.44 bits per heavy atom. The van der Waals surface area contributed by atoms with Crippen molar-refractivity contribution in [2.45, 2.75) is 58.4 Å². The van der Waals surface area contributed by atoms with Crippen LogP contribution in [-0.4, -0.2) is 19.1 Å². The van der Waals surface area contributed by atoms with Gasteiger partial charge in [0.25, 0.3) is 0 Å². The zero-order valence-electron chi connectivity index (χ0n) is 10.8. The number of methoxy groups -OCH3 is 1. The number of esters is 1. The van der Waals surface area contributed by atoms with Crippen LogP contribution >= 0.6 is 0 Å². The SMILES string of the molecule is COC(=O)CC(C)(C(C)N)C1CCCCC1. The van der Waals surface area contributed by atoms with Gasteiger partial charge in [-0.1, -0.05) is 26.2 Å². The minimum absolute atomic E-state index is 0.0368. The fraction of sp³-hybridized carbons (Fsp3) is 0.923. The second kappa shape index (κ2) is 5.67. The predicted octanol–water partition coefficient (Wildman–Crippen LogP) is 2.48. The van der Waals surface area contributed by atoms with Gasteiger partial charge in [0.1, 0.15) is 0 Å². The van der Waals surface area contributed by atoms with Crippen LogP contribution in [0.2, 0.25) is 0 Å².